The van der Waals surface area contributed by atoms with Gasteiger partial charge in [0, 0.05) is 0 Å². The van der Waals surface area contributed by atoms with Crippen molar-refractivity contribution in [1.82, 2.24) is 5.32 Å². The SMILES string of the molecule is CC(C)c1cc(C(=O)O[C@H](C(=O)NC(N)=O)C(C)C)c(O)c(C(C)C)c1. The third kappa shape index (κ3) is 5.21. The van der Waals surface area contributed by atoms with E-state index in [0.717, 1.165) is 5.56 Å². The van der Waals surface area contributed by atoms with Gasteiger partial charge in [-0.2, -0.15) is 0 Å². The van der Waals surface area contributed by atoms with Crippen LogP contribution in [0.15, 0.2) is 12.1 Å². The van der Waals surface area contributed by atoms with Gasteiger partial charge in [-0.3, -0.25) is 10.1 Å². The summed E-state index contributed by atoms with van der Waals surface area (Å²) in [5, 5.41) is 12.4. The summed E-state index contributed by atoms with van der Waals surface area (Å²) in [6.07, 6.45) is -1.21. The van der Waals surface area contributed by atoms with Crippen LogP contribution in [0.5, 0.6) is 5.75 Å². The molecule has 0 saturated carbocycles. The molecule has 1 aromatic rings. The molecule has 0 heterocycles. The monoisotopic (exact) mass is 364 g/mol. The summed E-state index contributed by atoms with van der Waals surface area (Å²) >= 11 is 0. The molecule has 0 aromatic heterocycles. The number of esters is 1. The van der Waals surface area contributed by atoms with Crippen molar-refractivity contribution in [2.45, 2.75) is 59.5 Å². The third-order valence-corrected chi connectivity index (χ3v) is 4.01. The van der Waals surface area contributed by atoms with Crippen molar-refractivity contribution in [2.75, 3.05) is 0 Å². The molecule has 144 valence electrons. The number of amides is 3. The van der Waals surface area contributed by atoms with E-state index in [9.17, 15) is 19.5 Å². The fourth-order valence-electron chi connectivity index (χ4n) is 2.47. The maximum Gasteiger partial charge on any atom is 0.342 e. The molecule has 1 atom stereocenters. The predicted octanol–water partition coefficient (Wildman–Crippen LogP) is 3.02. The van der Waals surface area contributed by atoms with Gasteiger partial charge in [-0.15, -0.1) is 0 Å². The Morgan fingerprint density at radius 2 is 1.62 bits per heavy atom. The van der Waals surface area contributed by atoms with Gasteiger partial charge in [0.25, 0.3) is 5.91 Å². The number of urea groups is 1. The highest BCUT2D eigenvalue weighted by molar-refractivity contribution is 5.99. The molecule has 0 fully saturated rings. The number of ether oxygens (including phenoxy) is 1. The van der Waals surface area contributed by atoms with Crippen molar-refractivity contribution in [3.63, 3.8) is 0 Å². The zero-order chi connectivity index (χ0) is 20.2. The standard InChI is InChI=1S/C19H28N2O5/c1-9(2)12-7-13(10(3)4)15(22)14(8-12)18(24)26-16(11(5)6)17(23)21-19(20)25/h7-11,16,22H,1-6H3,(H3,20,21,23,25)/t16-/m0/s1. The maximum atomic E-state index is 12.6. The van der Waals surface area contributed by atoms with Gasteiger partial charge in [-0.25, -0.2) is 9.59 Å². The van der Waals surface area contributed by atoms with Gasteiger partial charge >= 0.3 is 12.0 Å². The van der Waals surface area contributed by atoms with Crippen LogP contribution in [0.1, 0.15) is 74.9 Å². The molecule has 26 heavy (non-hydrogen) atoms. The van der Waals surface area contributed by atoms with Crippen LogP contribution < -0.4 is 11.1 Å². The first-order valence-corrected chi connectivity index (χ1v) is 8.63. The molecule has 4 N–H and O–H groups in total. The lowest BCUT2D eigenvalue weighted by atomic mass is 9.92. The molecule has 0 spiro atoms. The van der Waals surface area contributed by atoms with Gasteiger partial charge in [0.1, 0.15) is 11.3 Å². The van der Waals surface area contributed by atoms with E-state index in [1.807, 2.05) is 39.1 Å². The van der Waals surface area contributed by atoms with Crippen molar-refractivity contribution in [3.8, 4) is 5.75 Å². The third-order valence-electron chi connectivity index (χ3n) is 4.01. The van der Waals surface area contributed by atoms with E-state index in [0.29, 0.717) is 5.56 Å². The van der Waals surface area contributed by atoms with Gasteiger partial charge in [-0.1, -0.05) is 47.6 Å². The molecule has 7 nitrogen and oxygen atoms in total. The number of hydrogen-bond donors (Lipinski definition) is 3. The number of benzene rings is 1. The number of phenols is 1. The lowest BCUT2D eigenvalue weighted by molar-refractivity contribution is -0.130. The summed E-state index contributed by atoms with van der Waals surface area (Å²) in [5.74, 6) is -2.04. The van der Waals surface area contributed by atoms with Gasteiger partial charge in [0.15, 0.2) is 6.10 Å². The van der Waals surface area contributed by atoms with Crippen LogP contribution in [-0.4, -0.2) is 29.1 Å². The van der Waals surface area contributed by atoms with Gasteiger partial charge in [0.2, 0.25) is 0 Å². The number of aromatic hydroxyl groups is 1. The molecule has 3 amide bonds. The Hall–Kier alpha value is -2.57. The molecule has 0 aliphatic rings. The quantitative estimate of drug-likeness (QED) is 0.670. The number of nitrogens with two attached hydrogens (primary N) is 1. The molecule has 0 aliphatic heterocycles. The van der Waals surface area contributed by atoms with E-state index in [1.165, 1.54) is 0 Å². The van der Waals surface area contributed by atoms with E-state index < -0.39 is 29.9 Å². The first-order valence-electron chi connectivity index (χ1n) is 8.63. The first kappa shape index (κ1) is 21.5. The van der Waals surface area contributed by atoms with Crippen molar-refractivity contribution in [3.05, 3.63) is 28.8 Å². The Morgan fingerprint density at radius 3 is 2.04 bits per heavy atom. The van der Waals surface area contributed by atoms with Crippen molar-refractivity contribution >= 4 is 17.9 Å². The minimum atomic E-state index is -1.21. The predicted molar refractivity (Wildman–Crippen MR) is 98.1 cm³/mol. The van der Waals surface area contributed by atoms with Gasteiger partial charge < -0.3 is 15.6 Å². The van der Waals surface area contributed by atoms with Crippen molar-refractivity contribution < 1.29 is 24.2 Å². The molecule has 1 rings (SSSR count). The normalized spacial score (nSPS) is 12.3. The Labute approximate surface area is 153 Å². The van der Waals surface area contributed by atoms with Crippen LogP contribution in [0.25, 0.3) is 0 Å². The summed E-state index contributed by atoms with van der Waals surface area (Å²) in [7, 11) is 0. The minimum Gasteiger partial charge on any atom is -0.507 e. The van der Waals surface area contributed by atoms with Crippen LogP contribution in [0.2, 0.25) is 0 Å². The minimum absolute atomic E-state index is 0.000643. The number of nitrogens with one attached hydrogen (secondary N) is 1. The second-order valence-electron chi connectivity index (χ2n) is 7.24. The number of rotatable bonds is 6. The molecule has 0 aliphatic carbocycles. The molecule has 0 radical (unpaired) electrons. The maximum absolute atomic E-state index is 12.6. The van der Waals surface area contributed by atoms with Gasteiger partial charge in [0.05, 0.1) is 0 Å². The molecule has 7 heteroatoms. The highest BCUT2D eigenvalue weighted by Crippen LogP contribution is 2.33. The van der Waals surface area contributed by atoms with Crippen LogP contribution in [0, 0.1) is 5.92 Å². The zero-order valence-electron chi connectivity index (χ0n) is 16.1. The van der Waals surface area contributed by atoms with E-state index >= 15 is 0 Å². The van der Waals surface area contributed by atoms with Crippen LogP contribution in [-0.2, 0) is 9.53 Å². The molecular formula is C19H28N2O5. The average Bonchev–Trinajstić information content (AvgIpc) is 2.50. The Kier molecular flexibility index (Phi) is 7.18. The van der Waals surface area contributed by atoms with Crippen molar-refractivity contribution in [1.29, 1.82) is 0 Å². The summed E-state index contributed by atoms with van der Waals surface area (Å²) in [6.45, 7) is 11.1. The lowest BCUT2D eigenvalue weighted by Gasteiger charge is -2.21. The van der Waals surface area contributed by atoms with E-state index in [4.69, 9.17) is 10.5 Å². The highest BCUT2D eigenvalue weighted by Gasteiger charge is 2.30. The summed E-state index contributed by atoms with van der Waals surface area (Å²) < 4.78 is 5.29. The number of imide groups is 1. The number of carbonyl (C=O) groups is 3. The second-order valence-corrected chi connectivity index (χ2v) is 7.24. The Balaban J connectivity index is 3.26. The Morgan fingerprint density at radius 1 is 1.04 bits per heavy atom. The zero-order valence-corrected chi connectivity index (χ0v) is 16.1. The topological polar surface area (TPSA) is 119 Å². The number of carbonyl (C=O) groups excluding carboxylic acids is 3. The van der Waals surface area contributed by atoms with Gasteiger partial charge in [-0.05, 0) is 34.9 Å². The molecule has 0 unspecified atom stereocenters. The number of phenolic OH excluding ortho intramolecular Hbond substituents is 1. The highest BCUT2D eigenvalue weighted by atomic mass is 16.5. The number of hydrogen-bond acceptors (Lipinski definition) is 5. The van der Waals surface area contributed by atoms with Crippen LogP contribution in [0.3, 0.4) is 0 Å². The van der Waals surface area contributed by atoms with E-state index in [1.54, 1.807) is 19.9 Å². The first-order chi connectivity index (χ1) is 12.0. The Bertz CT molecular complexity index is 695. The van der Waals surface area contributed by atoms with Crippen LogP contribution in [0.4, 0.5) is 4.79 Å². The number of primary amides is 1. The van der Waals surface area contributed by atoms with E-state index in [-0.39, 0.29) is 23.1 Å². The fraction of sp³-hybridized carbons (Fsp3) is 0.526. The largest absolute Gasteiger partial charge is 0.507 e. The summed E-state index contributed by atoms with van der Waals surface area (Å²) in [5.41, 5.74) is 6.46. The summed E-state index contributed by atoms with van der Waals surface area (Å²) in [6, 6.07) is 2.40. The lowest BCUT2D eigenvalue weighted by Crippen LogP contribution is -2.45. The molecule has 1 aromatic carbocycles. The van der Waals surface area contributed by atoms with E-state index in [2.05, 4.69) is 0 Å². The molecule has 0 bridgehead atoms. The second kappa shape index (κ2) is 8.69. The smallest absolute Gasteiger partial charge is 0.342 e. The van der Waals surface area contributed by atoms with Crippen molar-refractivity contribution in [2.24, 2.45) is 11.7 Å². The molecular weight excluding hydrogens is 336 g/mol. The summed E-state index contributed by atoms with van der Waals surface area (Å²) in [4.78, 5) is 35.6. The molecule has 0 saturated heterocycles. The fourth-order valence-corrected chi connectivity index (χ4v) is 2.47. The average molecular weight is 364 g/mol. The van der Waals surface area contributed by atoms with Crippen LogP contribution >= 0.6 is 0 Å².